The van der Waals surface area contributed by atoms with E-state index in [0.29, 0.717) is 66.2 Å². The molecular formula is C50H48F2N12O3. The number of hydrogen-bond donors (Lipinski definition) is 4. The quantitative estimate of drug-likeness (QED) is 0.0853. The number of halogens is 2. The van der Waals surface area contributed by atoms with E-state index in [1.54, 1.807) is 63.6 Å². The van der Waals surface area contributed by atoms with Crippen LogP contribution in [-0.2, 0) is 4.74 Å². The highest BCUT2D eigenvalue weighted by molar-refractivity contribution is 5.95. The van der Waals surface area contributed by atoms with Crippen molar-refractivity contribution in [2.45, 2.75) is 12.8 Å². The summed E-state index contributed by atoms with van der Waals surface area (Å²) in [7, 11) is 0. The van der Waals surface area contributed by atoms with Crippen molar-refractivity contribution in [2.75, 3.05) is 74.6 Å². The summed E-state index contributed by atoms with van der Waals surface area (Å²) in [6.07, 6.45) is 1.58. The van der Waals surface area contributed by atoms with Crippen LogP contribution in [0, 0.1) is 17.6 Å². The molecule has 2 saturated heterocycles. The summed E-state index contributed by atoms with van der Waals surface area (Å²) >= 11 is 0. The Kier molecular flexibility index (Phi) is 12.5. The first kappa shape index (κ1) is 43.1. The molecular weight excluding hydrogens is 855 g/mol. The fourth-order valence-electron chi connectivity index (χ4n) is 8.53. The number of morpholine rings is 1. The maximum atomic E-state index is 15.5. The van der Waals surface area contributed by atoms with Crippen molar-refractivity contribution in [1.82, 2.24) is 44.7 Å². The van der Waals surface area contributed by atoms with Crippen LogP contribution in [0.15, 0.2) is 127 Å². The van der Waals surface area contributed by atoms with Crippen molar-refractivity contribution < 1.29 is 23.1 Å². The molecule has 2 fully saturated rings. The van der Waals surface area contributed by atoms with Crippen LogP contribution in [0.3, 0.4) is 0 Å². The van der Waals surface area contributed by atoms with Crippen molar-refractivity contribution in [3.63, 3.8) is 0 Å². The summed E-state index contributed by atoms with van der Waals surface area (Å²) < 4.78 is 37.8. The van der Waals surface area contributed by atoms with Gasteiger partial charge in [0.2, 0.25) is 11.9 Å². The Balaban J connectivity index is 0.716. The predicted molar refractivity (Wildman–Crippen MR) is 253 cm³/mol. The van der Waals surface area contributed by atoms with Gasteiger partial charge in [0.15, 0.2) is 11.3 Å². The molecule has 0 atom stereocenters. The van der Waals surface area contributed by atoms with Crippen LogP contribution in [0.4, 0.5) is 37.7 Å². The molecule has 17 heteroatoms. The van der Waals surface area contributed by atoms with Crippen LogP contribution in [0.5, 0.6) is 0 Å². The first-order valence-corrected chi connectivity index (χ1v) is 22.4. The van der Waals surface area contributed by atoms with Crippen molar-refractivity contribution >= 4 is 52.1 Å². The molecule has 0 unspecified atom stereocenters. The minimum Gasteiger partial charge on any atom is -0.379 e. The van der Waals surface area contributed by atoms with E-state index in [1.165, 1.54) is 18.2 Å². The predicted octanol–water partition coefficient (Wildman–Crippen LogP) is 7.58. The maximum absolute atomic E-state index is 15.5. The van der Waals surface area contributed by atoms with Gasteiger partial charge in [-0.3, -0.25) is 14.5 Å². The second-order valence-corrected chi connectivity index (χ2v) is 16.7. The van der Waals surface area contributed by atoms with Crippen molar-refractivity contribution in [2.24, 2.45) is 5.92 Å². The van der Waals surface area contributed by atoms with Gasteiger partial charge in [0.05, 0.1) is 30.3 Å². The van der Waals surface area contributed by atoms with Gasteiger partial charge in [-0.25, -0.2) is 17.8 Å². The second-order valence-electron chi connectivity index (χ2n) is 16.7. The minimum absolute atomic E-state index is 0.128. The Hall–Kier alpha value is -7.76. The number of hydrogen-bond acceptors (Lipinski definition) is 11. The van der Waals surface area contributed by atoms with E-state index >= 15 is 4.39 Å². The number of carbonyl (C=O) groups excluding carboxylic acids is 2. The number of fused-ring (bicyclic) bond motifs is 2. The first-order chi connectivity index (χ1) is 32.8. The zero-order chi connectivity index (χ0) is 45.7. The van der Waals surface area contributed by atoms with Gasteiger partial charge in [-0.05, 0) is 134 Å². The highest BCUT2D eigenvalue weighted by Gasteiger charge is 2.23. The number of amides is 2. The van der Waals surface area contributed by atoms with E-state index in [1.807, 2.05) is 54.6 Å². The Morgan fingerprint density at radius 1 is 0.627 bits per heavy atom. The standard InChI is InChI=1S/C50H48F2N12O3/c51-38-14-7-34(8-15-38)42-3-1-5-45-57-49(59-63(42)45)55-40-18-11-36(12-19-40)48(66)54-32-33-21-24-62(25-22-33)44-31-37(13-20-41(44)52)43-4-2-6-46-58-50(60-64(43)46)56-39-16-9-35(10-17-39)47(65)53-23-26-61-27-29-67-30-28-61/h1-20,31,33H,21-30,32H2,(H,53,65)(H,54,66)(H,55,59)(H,56,60). The van der Waals surface area contributed by atoms with Gasteiger partial charge >= 0.3 is 0 Å². The third-order valence-corrected chi connectivity index (χ3v) is 12.2. The number of nitrogens with one attached hydrogen (secondary N) is 4. The Morgan fingerprint density at radius 2 is 1.18 bits per heavy atom. The van der Waals surface area contributed by atoms with E-state index in [9.17, 15) is 14.0 Å². The number of rotatable bonds is 14. The van der Waals surface area contributed by atoms with Gasteiger partial charge in [-0.2, -0.15) is 9.97 Å². The second kappa shape index (κ2) is 19.4. The summed E-state index contributed by atoms with van der Waals surface area (Å²) in [4.78, 5) is 39.5. The summed E-state index contributed by atoms with van der Waals surface area (Å²) in [6, 6.07) is 36.9. The summed E-state index contributed by atoms with van der Waals surface area (Å²) in [5.74, 6) is 0.102. The number of benzene rings is 4. The molecule has 4 aromatic carbocycles. The molecule has 0 aliphatic carbocycles. The van der Waals surface area contributed by atoms with Crippen molar-refractivity contribution in [3.8, 4) is 22.5 Å². The van der Waals surface area contributed by atoms with Gasteiger partial charge in [0.25, 0.3) is 11.8 Å². The summed E-state index contributed by atoms with van der Waals surface area (Å²) in [6.45, 7) is 6.34. The fraction of sp³-hybridized carbons (Fsp3) is 0.240. The molecule has 2 aliphatic heterocycles. The van der Waals surface area contributed by atoms with Crippen LogP contribution in [0.2, 0.25) is 0 Å². The normalized spacial score (nSPS) is 14.6. The van der Waals surface area contributed by atoms with E-state index in [4.69, 9.17) is 9.84 Å². The lowest BCUT2D eigenvalue weighted by atomic mass is 9.96. The lowest BCUT2D eigenvalue weighted by Gasteiger charge is -2.34. The number of piperidine rings is 1. The molecule has 15 nitrogen and oxygen atoms in total. The van der Waals surface area contributed by atoms with E-state index < -0.39 is 0 Å². The highest BCUT2D eigenvalue weighted by Crippen LogP contribution is 2.31. The molecule has 67 heavy (non-hydrogen) atoms. The average Bonchev–Trinajstić information content (AvgIpc) is 3.98. The van der Waals surface area contributed by atoms with Crippen LogP contribution in [0.25, 0.3) is 33.8 Å². The summed E-state index contributed by atoms with van der Waals surface area (Å²) in [5, 5.41) is 21.9. The molecule has 2 amide bonds. The summed E-state index contributed by atoms with van der Waals surface area (Å²) in [5.41, 5.74) is 7.45. The first-order valence-electron chi connectivity index (χ1n) is 22.4. The molecule has 8 aromatic rings. The molecule has 2 aliphatic rings. The molecule has 0 radical (unpaired) electrons. The lowest BCUT2D eigenvalue weighted by Crippen LogP contribution is -2.41. The molecule has 4 N–H and O–H groups in total. The smallest absolute Gasteiger partial charge is 0.251 e. The number of carbonyl (C=O) groups is 2. The third kappa shape index (κ3) is 9.92. The molecule has 10 rings (SSSR count). The Morgan fingerprint density at radius 3 is 1.78 bits per heavy atom. The van der Waals surface area contributed by atoms with Gasteiger partial charge < -0.3 is 30.9 Å². The largest absolute Gasteiger partial charge is 0.379 e. The average molecular weight is 903 g/mol. The Labute approximate surface area is 384 Å². The number of ether oxygens (including phenoxy) is 1. The molecule has 4 aromatic heterocycles. The van der Waals surface area contributed by atoms with Crippen LogP contribution in [0.1, 0.15) is 33.6 Å². The van der Waals surface area contributed by atoms with E-state index in [2.05, 4.69) is 46.1 Å². The Bertz CT molecular complexity index is 3020. The van der Waals surface area contributed by atoms with Crippen LogP contribution < -0.4 is 26.2 Å². The lowest BCUT2D eigenvalue weighted by molar-refractivity contribution is 0.0383. The van der Waals surface area contributed by atoms with Gasteiger partial charge in [-0.15, -0.1) is 10.2 Å². The molecule has 0 saturated carbocycles. The zero-order valence-corrected chi connectivity index (χ0v) is 36.5. The molecule has 0 bridgehead atoms. The van der Waals surface area contributed by atoms with Crippen LogP contribution in [-0.4, -0.2) is 105 Å². The third-order valence-electron chi connectivity index (χ3n) is 12.2. The molecule has 6 heterocycles. The highest BCUT2D eigenvalue weighted by atomic mass is 19.1. The molecule has 340 valence electrons. The van der Waals surface area contributed by atoms with Crippen molar-refractivity contribution in [3.05, 3.63) is 150 Å². The number of aromatic nitrogens is 6. The van der Waals surface area contributed by atoms with Gasteiger partial charge in [0, 0.05) is 79.4 Å². The monoisotopic (exact) mass is 902 g/mol. The van der Waals surface area contributed by atoms with Gasteiger partial charge in [0.1, 0.15) is 11.6 Å². The zero-order valence-electron chi connectivity index (χ0n) is 36.5. The topological polar surface area (TPSA) is 158 Å². The number of anilines is 5. The van der Waals surface area contributed by atoms with Gasteiger partial charge in [-0.1, -0.05) is 12.1 Å². The van der Waals surface area contributed by atoms with Crippen LogP contribution >= 0.6 is 0 Å². The van der Waals surface area contributed by atoms with E-state index in [-0.39, 0.29) is 29.4 Å². The van der Waals surface area contributed by atoms with E-state index in [0.717, 1.165) is 79.6 Å². The SMILES string of the molecule is O=C(NCCN1CCOCC1)c1ccc(Nc2nc3cccc(-c4ccc(F)c(N5CCC(CNC(=O)c6ccc(Nc7nc8cccc(-c9ccc(F)cc9)n8n7)cc6)CC5)c4)n3n2)cc1. The van der Waals surface area contributed by atoms with Crippen molar-refractivity contribution in [1.29, 1.82) is 0 Å². The molecule has 0 spiro atoms. The maximum Gasteiger partial charge on any atom is 0.251 e. The minimum atomic E-state index is -0.309. The fourth-order valence-corrected chi connectivity index (χ4v) is 8.53. The number of pyridine rings is 2. The number of nitrogens with zero attached hydrogens (tertiary/aromatic N) is 8.